The van der Waals surface area contributed by atoms with Crippen LogP contribution in [0.1, 0.15) is 46.2 Å². The van der Waals surface area contributed by atoms with E-state index in [0.717, 1.165) is 66.4 Å². The third-order valence-corrected chi connectivity index (χ3v) is 8.13. The highest BCUT2D eigenvalue weighted by molar-refractivity contribution is 5.90. The van der Waals surface area contributed by atoms with Crippen LogP contribution < -0.4 is 0 Å². The number of hydrogen-bond donors (Lipinski definition) is 2. The van der Waals surface area contributed by atoms with Gasteiger partial charge in [0.05, 0.1) is 5.69 Å². The first-order chi connectivity index (χ1) is 21.0. The Morgan fingerprint density at radius 2 is 1.72 bits per heavy atom. The molecule has 43 heavy (non-hydrogen) atoms. The molecule has 2 aromatic carbocycles. The lowest BCUT2D eigenvalue weighted by atomic mass is 9.95. The molecule has 7 rings (SSSR count). The molecule has 0 aliphatic carbocycles. The summed E-state index contributed by atoms with van der Waals surface area (Å²) in [4.78, 5) is 28.2. The number of nitrogens with one attached hydrogen (secondary N) is 1. The lowest BCUT2D eigenvalue weighted by Gasteiger charge is -2.31. The highest BCUT2D eigenvalue weighted by Crippen LogP contribution is 2.33. The molecule has 10 nitrogen and oxygen atoms in total. The quantitative estimate of drug-likeness (QED) is 0.253. The van der Waals surface area contributed by atoms with Crippen LogP contribution in [0.25, 0.3) is 39.5 Å². The second-order valence-electron chi connectivity index (χ2n) is 10.9. The highest BCUT2D eigenvalue weighted by atomic mass is 16.4. The van der Waals surface area contributed by atoms with Gasteiger partial charge in [0.1, 0.15) is 11.5 Å². The fourth-order valence-corrected chi connectivity index (χ4v) is 5.79. The number of aromatic amines is 1. The number of aromatic carboxylic acids is 1. The zero-order chi connectivity index (χ0) is 29.3. The number of rotatable bonds is 7. The van der Waals surface area contributed by atoms with E-state index in [0.29, 0.717) is 23.0 Å². The van der Waals surface area contributed by atoms with Gasteiger partial charge in [-0.15, -0.1) is 0 Å². The molecule has 1 aliphatic heterocycles. The number of likely N-dealkylation sites (tertiary alicyclic amines) is 1. The third-order valence-electron chi connectivity index (χ3n) is 8.13. The number of fused-ring (bicyclic) bond motifs is 1. The number of pyridine rings is 1. The van der Waals surface area contributed by atoms with E-state index in [-0.39, 0.29) is 5.69 Å². The molecule has 2 N–H and O–H groups in total. The van der Waals surface area contributed by atoms with Crippen molar-refractivity contribution in [3.63, 3.8) is 0 Å². The molecule has 1 saturated heterocycles. The van der Waals surface area contributed by atoms with Crippen molar-refractivity contribution in [2.45, 2.75) is 32.2 Å². The highest BCUT2D eigenvalue weighted by Gasteiger charge is 2.24. The van der Waals surface area contributed by atoms with E-state index < -0.39 is 5.97 Å². The lowest BCUT2D eigenvalue weighted by Crippen LogP contribution is -2.32. The minimum atomic E-state index is -1.06. The van der Waals surface area contributed by atoms with Crippen molar-refractivity contribution in [3.05, 3.63) is 108 Å². The molecule has 4 aromatic heterocycles. The number of piperidine rings is 1. The summed E-state index contributed by atoms with van der Waals surface area (Å²) in [7, 11) is 0. The minimum absolute atomic E-state index is 0.0136. The summed E-state index contributed by atoms with van der Waals surface area (Å²) in [5.41, 5.74) is 6.75. The van der Waals surface area contributed by atoms with Crippen molar-refractivity contribution >= 4 is 11.6 Å². The fourth-order valence-electron chi connectivity index (χ4n) is 5.79. The second kappa shape index (κ2) is 11.2. The summed E-state index contributed by atoms with van der Waals surface area (Å²) in [5.74, 6) is 0.879. The number of benzene rings is 2. The van der Waals surface area contributed by atoms with E-state index in [4.69, 9.17) is 9.97 Å². The van der Waals surface area contributed by atoms with Crippen LogP contribution in [0.3, 0.4) is 0 Å². The number of carbonyl (C=O) groups is 1. The number of hydrogen-bond acceptors (Lipinski definition) is 7. The van der Waals surface area contributed by atoms with Gasteiger partial charge in [0, 0.05) is 41.5 Å². The molecule has 6 aromatic rings. The molecule has 1 fully saturated rings. The number of carboxylic acid groups (broad SMARTS) is 1. The Morgan fingerprint density at radius 3 is 2.44 bits per heavy atom. The summed E-state index contributed by atoms with van der Waals surface area (Å²) in [6.07, 6.45) is 5.66. The molecule has 0 spiro atoms. The average molecular weight is 571 g/mol. The van der Waals surface area contributed by atoms with Gasteiger partial charge in [-0.2, -0.15) is 10.2 Å². The van der Waals surface area contributed by atoms with E-state index in [1.165, 1.54) is 5.56 Å². The van der Waals surface area contributed by atoms with Crippen LogP contribution in [0.2, 0.25) is 0 Å². The topological polar surface area (TPSA) is 125 Å². The Kier molecular flexibility index (Phi) is 6.96. The van der Waals surface area contributed by atoms with Crippen LogP contribution in [0.15, 0.2) is 85.2 Å². The molecule has 0 radical (unpaired) electrons. The van der Waals surface area contributed by atoms with Gasteiger partial charge in [-0.3, -0.25) is 15.0 Å². The second-order valence-corrected chi connectivity index (χ2v) is 10.9. The molecule has 5 heterocycles. The number of nitrogens with zero attached hydrogens (tertiary/aromatic N) is 7. The van der Waals surface area contributed by atoms with Gasteiger partial charge >= 0.3 is 5.97 Å². The lowest BCUT2D eigenvalue weighted by molar-refractivity contribution is 0.0689. The number of carboxylic acids is 1. The average Bonchev–Trinajstić information content (AvgIpc) is 3.67. The van der Waals surface area contributed by atoms with Crippen molar-refractivity contribution < 1.29 is 9.90 Å². The molecule has 10 heteroatoms. The first kappa shape index (κ1) is 26.7. The largest absolute Gasteiger partial charge is 0.476 e. The zero-order valence-corrected chi connectivity index (χ0v) is 23.7. The number of aryl methyl sites for hydroxylation is 1. The predicted molar refractivity (Wildman–Crippen MR) is 162 cm³/mol. The number of H-pyrrole nitrogens is 1. The predicted octanol–water partition coefficient (Wildman–Crippen LogP) is 5.63. The van der Waals surface area contributed by atoms with Crippen molar-refractivity contribution in [2.24, 2.45) is 0 Å². The normalized spacial score (nSPS) is 14.3. The summed E-state index contributed by atoms with van der Waals surface area (Å²) in [5, 5.41) is 21.4. The van der Waals surface area contributed by atoms with Gasteiger partial charge in [-0.25, -0.2) is 19.3 Å². The maximum Gasteiger partial charge on any atom is 0.356 e. The summed E-state index contributed by atoms with van der Waals surface area (Å²) in [6, 6.07) is 24.3. The van der Waals surface area contributed by atoms with Crippen LogP contribution in [0.5, 0.6) is 0 Å². The zero-order valence-electron chi connectivity index (χ0n) is 23.7. The fraction of sp³-hybridized carbons (Fsp3) is 0.212. The van der Waals surface area contributed by atoms with E-state index in [1.807, 2.05) is 54.7 Å². The van der Waals surface area contributed by atoms with Crippen LogP contribution >= 0.6 is 0 Å². The van der Waals surface area contributed by atoms with Crippen LogP contribution in [-0.2, 0) is 6.54 Å². The standard InChI is InChI=1S/C33H30N8O2/c1-21-28(33(42)43)39-41-20-26(23-7-3-2-4-8-23)29(35-32(21)41)24-12-10-22(11-13-24)19-40-17-14-25(15-18-40)30-36-31(38-37-30)27-9-5-6-16-34-27/h2-13,16,20,25H,14-15,17-19H2,1H3,(H,42,43)(H,36,37,38). The summed E-state index contributed by atoms with van der Waals surface area (Å²) >= 11 is 0. The van der Waals surface area contributed by atoms with Crippen LogP contribution in [0, 0.1) is 6.92 Å². The van der Waals surface area contributed by atoms with E-state index in [2.05, 4.69) is 49.4 Å². The summed E-state index contributed by atoms with van der Waals surface area (Å²) < 4.78 is 1.57. The Morgan fingerprint density at radius 1 is 0.953 bits per heavy atom. The molecule has 0 bridgehead atoms. The first-order valence-corrected chi connectivity index (χ1v) is 14.4. The maximum absolute atomic E-state index is 11.7. The van der Waals surface area contributed by atoms with Crippen LogP contribution in [0.4, 0.5) is 0 Å². The molecular weight excluding hydrogens is 540 g/mol. The van der Waals surface area contributed by atoms with Crippen molar-refractivity contribution in [3.8, 4) is 33.9 Å². The molecule has 0 amide bonds. The van der Waals surface area contributed by atoms with E-state index in [9.17, 15) is 9.90 Å². The monoisotopic (exact) mass is 570 g/mol. The van der Waals surface area contributed by atoms with Gasteiger partial charge in [0.25, 0.3) is 0 Å². The van der Waals surface area contributed by atoms with Gasteiger partial charge in [0.2, 0.25) is 0 Å². The molecular formula is C33H30N8O2. The minimum Gasteiger partial charge on any atom is -0.476 e. The maximum atomic E-state index is 11.7. The SMILES string of the molecule is Cc1c(C(=O)O)nn2cc(-c3ccccc3)c(-c3ccc(CN4CCC(c5nc(-c6ccccn6)n[nH]5)CC4)cc3)nc12. The van der Waals surface area contributed by atoms with Gasteiger partial charge in [-0.05, 0) is 56.1 Å². The van der Waals surface area contributed by atoms with E-state index in [1.54, 1.807) is 17.6 Å². The smallest absolute Gasteiger partial charge is 0.356 e. The number of aromatic nitrogens is 7. The van der Waals surface area contributed by atoms with Crippen molar-refractivity contribution in [1.82, 2.24) is 39.7 Å². The third kappa shape index (κ3) is 5.28. The van der Waals surface area contributed by atoms with Gasteiger partial charge < -0.3 is 5.11 Å². The van der Waals surface area contributed by atoms with E-state index >= 15 is 0 Å². The molecule has 0 unspecified atom stereocenters. The van der Waals surface area contributed by atoms with Crippen molar-refractivity contribution in [1.29, 1.82) is 0 Å². The van der Waals surface area contributed by atoms with Crippen LogP contribution in [-0.4, -0.2) is 63.8 Å². The molecule has 1 aliphatic rings. The first-order valence-electron chi connectivity index (χ1n) is 14.4. The molecule has 214 valence electrons. The Labute approximate surface area is 248 Å². The van der Waals surface area contributed by atoms with Gasteiger partial charge in [-0.1, -0.05) is 60.7 Å². The summed E-state index contributed by atoms with van der Waals surface area (Å²) in [6.45, 7) is 4.58. The van der Waals surface area contributed by atoms with Gasteiger partial charge in [0.15, 0.2) is 17.2 Å². The Hall–Kier alpha value is -5.22. The molecule has 0 atom stereocenters. The van der Waals surface area contributed by atoms with Crippen molar-refractivity contribution in [2.75, 3.05) is 13.1 Å². The Bertz CT molecular complexity index is 1890. The molecule has 0 saturated carbocycles. The Balaban J connectivity index is 1.08.